The predicted octanol–water partition coefficient (Wildman–Crippen LogP) is 3.35. The molecule has 1 aliphatic heterocycles. The number of nitrogens with two attached hydrogens (primary N) is 1. The van der Waals surface area contributed by atoms with Crippen LogP contribution in [0.25, 0.3) is 33.2 Å². The minimum absolute atomic E-state index is 0.144. The lowest BCUT2D eigenvalue weighted by atomic mass is 9.91. The molecule has 5 aromatic rings. The van der Waals surface area contributed by atoms with Crippen LogP contribution in [0.15, 0.2) is 65.7 Å². The Labute approximate surface area is 205 Å². The Bertz CT molecular complexity index is 1700. The maximum atomic E-state index is 14.7. The number of piperidine rings is 1. The number of aromatic nitrogens is 5. The highest BCUT2D eigenvalue weighted by atomic mass is 19.1. The second-order valence-corrected chi connectivity index (χ2v) is 9.78. The van der Waals surface area contributed by atoms with Gasteiger partial charge in [-0.3, -0.25) is 9.89 Å². The van der Waals surface area contributed by atoms with Gasteiger partial charge in [-0.15, -0.1) is 0 Å². The van der Waals surface area contributed by atoms with Gasteiger partial charge >= 0.3 is 0 Å². The van der Waals surface area contributed by atoms with Crippen molar-refractivity contribution in [3.63, 3.8) is 0 Å². The topological polar surface area (TPSA) is 117 Å². The lowest BCUT2D eigenvalue weighted by Gasteiger charge is -2.26. The predicted molar refractivity (Wildman–Crippen MR) is 136 cm³/mol. The molecule has 4 heterocycles. The van der Waals surface area contributed by atoms with E-state index in [0.29, 0.717) is 34.7 Å². The molecule has 180 valence electrons. The van der Waals surface area contributed by atoms with Crippen molar-refractivity contribution in [3.8, 4) is 11.3 Å². The van der Waals surface area contributed by atoms with Gasteiger partial charge in [0.05, 0.1) is 6.20 Å². The van der Waals surface area contributed by atoms with Gasteiger partial charge in [-0.1, -0.05) is 30.3 Å². The molecule has 7 rings (SSSR count). The summed E-state index contributed by atoms with van der Waals surface area (Å²) in [7, 11) is 0. The number of hydrogen-bond donors (Lipinski definition) is 3. The monoisotopic (exact) mass is 481 g/mol. The molecule has 8 nitrogen and oxygen atoms in total. The zero-order valence-corrected chi connectivity index (χ0v) is 19.4. The van der Waals surface area contributed by atoms with Crippen LogP contribution in [0.2, 0.25) is 0 Å². The van der Waals surface area contributed by atoms with E-state index in [-0.39, 0.29) is 22.7 Å². The molecule has 0 unspecified atom stereocenters. The molecule has 1 saturated heterocycles. The van der Waals surface area contributed by atoms with Crippen LogP contribution in [-0.4, -0.2) is 44.8 Å². The second kappa shape index (κ2) is 7.69. The molecule has 2 aliphatic rings. The van der Waals surface area contributed by atoms with Crippen molar-refractivity contribution in [2.45, 2.75) is 11.8 Å². The molecule has 9 heteroatoms. The van der Waals surface area contributed by atoms with Crippen LogP contribution in [0, 0.1) is 17.7 Å². The van der Waals surface area contributed by atoms with Crippen LogP contribution in [0.1, 0.15) is 12.0 Å². The number of hydrogen-bond acceptors (Lipinski definition) is 6. The molecule has 0 spiro atoms. The van der Waals surface area contributed by atoms with Gasteiger partial charge in [-0.05, 0) is 47.4 Å². The molecular weight excluding hydrogens is 457 g/mol. The Hall–Kier alpha value is -4.11. The SMILES string of the molecule is NC[C@]1(c2ccccc2F)[C@@H]2CCN(c3cnc4c(-c5ccc6cc[nH]c(=O)c6c5)n[nH]c4n3)C[C@@H]21. The number of anilines is 1. The van der Waals surface area contributed by atoms with Crippen molar-refractivity contribution in [1.82, 2.24) is 25.1 Å². The molecule has 36 heavy (non-hydrogen) atoms. The first-order chi connectivity index (χ1) is 17.6. The van der Waals surface area contributed by atoms with E-state index in [1.54, 1.807) is 18.5 Å². The standard InChI is InChI=1S/C27H24FN7O/c28-21-4-2-1-3-19(21)27(14-29)18-8-10-35(13-20(18)27)22-12-31-24-23(33-34-25(24)32-22)16-6-5-15-7-9-30-26(36)17(15)11-16/h1-7,9,11-12,18,20H,8,10,13-14,29H2,(H,30,36)(H,32,33,34)/t18-,20+,27-/m1/s1. The van der Waals surface area contributed by atoms with Gasteiger partial charge in [0, 0.05) is 42.2 Å². The number of nitrogens with one attached hydrogen (secondary N) is 2. The number of fused-ring (bicyclic) bond motifs is 3. The number of aromatic amines is 2. The normalized spacial score (nSPS) is 23.2. The first-order valence-electron chi connectivity index (χ1n) is 12.1. The van der Waals surface area contributed by atoms with Crippen LogP contribution in [0.4, 0.5) is 10.2 Å². The number of halogens is 1. The van der Waals surface area contributed by atoms with Gasteiger partial charge in [-0.25, -0.2) is 14.4 Å². The molecule has 3 aromatic heterocycles. The maximum Gasteiger partial charge on any atom is 0.255 e. The van der Waals surface area contributed by atoms with Crippen LogP contribution in [0.5, 0.6) is 0 Å². The van der Waals surface area contributed by atoms with Crippen molar-refractivity contribution in [1.29, 1.82) is 0 Å². The fourth-order valence-corrected chi connectivity index (χ4v) is 6.31. The van der Waals surface area contributed by atoms with Crippen LogP contribution in [0.3, 0.4) is 0 Å². The highest BCUT2D eigenvalue weighted by Gasteiger charge is 2.66. The number of H-pyrrole nitrogens is 2. The van der Waals surface area contributed by atoms with Gasteiger partial charge in [0.15, 0.2) is 5.65 Å². The summed E-state index contributed by atoms with van der Waals surface area (Å²) in [6, 6.07) is 14.5. The fourth-order valence-electron chi connectivity index (χ4n) is 6.31. The van der Waals surface area contributed by atoms with Crippen molar-refractivity contribution >= 4 is 27.8 Å². The lowest BCUT2D eigenvalue weighted by molar-refractivity contribution is 0.533. The minimum Gasteiger partial charge on any atom is -0.355 e. The molecule has 3 atom stereocenters. The third-order valence-corrected chi connectivity index (χ3v) is 8.17. The quantitative estimate of drug-likeness (QED) is 0.363. The molecular formula is C27H24FN7O. The van der Waals surface area contributed by atoms with E-state index < -0.39 is 0 Å². The number of pyridine rings is 1. The summed E-state index contributed by atoms with van der Waals surface area (Å²) in [5, 5.41) is 8.93. The molecule has 0 amide bonds. The van der Waals surface area contributed by atoms with E-state index in [9.17, 15) is 9.18 Å². The average Bonchev–Trinajstić information content (AvgIpc) is 3.36. The largest absolute Gasteiger partial charge is 0.355 e. The Morgan fingerprint density at radius 2 is 2.06 bits per heavy atom. The molecule has 1 saturated carbocycles. The zero-order valence-electron chi connectivity index (χ0n) is 19.4. The van der Waals surface area contributed by atoms with Gasteiger partial charge < -0.3 is 15.6 Å². The van der Waals surface area contributed by atoms with Crippen molar-refractivity contribution in [2.24, 2.45) is 17.6 Å². The summed E-state index contributed by atoms with van der Waals surface area (Å²) in [5.41, 5.74) is 9.20. The zero-order chi connectivity index (χ0) is 24.4. The second-order valence-electron chi connectivity index (χ2n) is 9.78. The molecule has 0 radical (unpaired) electrons. The van der Waals surface area contributed by atoms with E-state index in [0.717, 1.165) is 41.8 Å². The van der Waals surface area contributed by atoms with Gasteiger partial charge in [-0.2, -0.15) is 5.10 Å². The Kier molecular flexibility index (Phi) is 4.53. The van der Waals surface area contributed by atoms with Crippen molar-refractivity contribution < 1.29 is 4.39 Å². The molecule has 2 fully saturated rings. The highest BCUT2D eigenvalue weighted by molar-refractivity contribution is 5.92. The van der Waals surface area contributed by atoms with Gasteiger partial charge in [0.1, 0.15) is 22.8 Å². The van der Waals surface area contributed by atoms with Crippen LogP contribution < -0.4 is 16.2 Å². The lowest BCUT2D eigenvalue weighted by Crippen LogP contribution is -2.32. The Balaban J connectivity index is 1.19. The number of benzene rings is 2. The summed E-state index contributed by atoms with van der Waals surface area (Å²) in [6.07, 6.45) is 4.33. The minimum atomic E-state index is -0.313. The summed E-state index contributed by atoms with van der Waals surface area (Å²) in [5.74, 6) is 1.24. The third kappa shape index (κ3) is 2.95. The van der Waals surface area contributed by atoms with E-state index in [1.165, 1.54) is 6.07 Å². The molecule has 4 N–H and O–H groups in total. The van der Waals surface area contributed by atoms with E-state index in [4.69, 9.17) is 15.7 Å². The number of rotatable bonds is 4. The van der Waals surface area contributed by atoms with E-state index in [2.05, 4.69) is 20.1 Å². The summed E-state index contributed by atoms with van der Waals surface area (Å²) < 4.78 is 14.7. The summed E-state index contributed by atoms with van der Waals surface area (Å²) in [4.78, 5) is 26.7. The smallest absolute Gasteiger partial charge is 0.255 e. The van der Waals surface area contributed by atoms with Crippen molar-refractivity contribution in [2.75, 3.05) is 24.5 Å². The Morgan fingerprint density at radius 1 is 1.17 bits per heavy atom. The van der Waals surface area contributed by atoms with Crippen LogP contribution in [-0.2, 0) is 5.41 Å². The Morgan fingerprint density at radius 3 is 2.92 bits per heavy atom. The van der Waals surface area contributed by atoms with E-state index in [1.807, 2.05) is 36.4 Å². The first-order valence-corrected chi connectivity index (χ1v) is 12.1. The van der Waals surface area contributed by atoms with Gasteiger partial charge in [0.25, 0.3) is 5.56 Å². The third-order valence-electron chi connectivity index (χ3n) is 8.17. The van der Waals surface area contributed by atoms with E-state index >= 15 is 0 Å². The fraction of sp³-hybridized carbons (Fsp3) is 0.259. The van der Waals surface area contributed by atoms with Crippen LogP contribution >= 0.6 is 0 Å². The molecule has 2 aromatic carbocycles. The molecule has 1 aliphatic carbocycles. The number of nitrogens with zero attached hydrogens (tertiary/aromatic N) is 4. The summed E-state index contributed by atoms with van der Waals surface area (Å²) in [6.45, 7) is 2.00. The van der Waals surface area contributed by atoms with Crippen molar-refractivity contribution in [3.05, 3.63) is 82.7 Å². The summed E-state index contributed by atoms with van der Waals surface area (Å²) >= 11 is 0. The maximum absolute atomic E-state index is 14.7. The highest BCUT2D eigenvalue weighted by Crippen LogP contribution is 2.63. The van der Waals surface area contributed by atoms with Gasteiger partial charge in [0.2, 0.25) is 0 Å². The average molecular weight is 482 g/mol. The first kappa shape index (κ1) is 21.2. The molecule has 0 bridgehead atoms.